The van der Waals surface area contributed by atoms with E-state index in [2.05, 4.69) is 10.6 Å². The fourth-order valence-electron chi connectivity index (χ4n) is 1.04. The van der Waals surface area contributed by atoms with E-state index in [0.29, 0.717) is 0 Å². The number of rotatable bonds is 7. The van der Waals surface area contributed by atoms with Crippen molar-refractivity contribution in [2.45, 2.75) is 26.4 Å². The predicted octanol–water partition coefficient (Wildman–Crippen LogP) is -2.10. The highest BCUT2D eigenvalue weighted by molar-refractivity contribution is 5.82. The molecule has 0 radical (unpaired) electrons. The normalized spacial score (nSPS) is 13.0. The van der Waals surface area contributed by atoms with Gasteiger partial charge in [0.2, 0.25) is 11.8 Å². The number of aliphatic hydroxyl groups excluding tert-OH is 2. The molecular weight excluding hydrogens is 226 g/mol. The number of nitrogens with two attached hydrogens (primary N) is 1. The third kappa shape index (κ3) is 5.62. The van der Waals surface area contributed by atoms with Gasteiger partial charge in [-0.15, -0.1) is 0 Å². The highest BCUT2D eigenvalue weighted by Gasteiger charge is 2.32. The fraction of sp³-hybridized carbons (Fsp3) is 0.800. The lowest BCUT2D eigenvalue weighted by Crippen LogP contribution is -2.46. The van der Waals surface area contributed by atoms with Crippen molar-refractivity contribution in [3.8, 4) is 0 Å². The zero-order chi connectivity index (χ0) is 13.5. The maximum absolute atomic E-state index is 11.5. The molecule has 2 amide bonds. The SMILES string of the molecule is CC(C)(CO)C(O)C(=O)NCCC(=O)NCN. The summed E-state index contributed by atoms with van der Waals surface area (Å²) in [5, 5.41) is 23.4. The number of nitrogens with one attached hydrogen (secondary N) is 2. The molecular formula is C10H21N3O4. The Balaban J connectivity index is 3.99. The second kappa shape index (κ2) is 7.21. The highest BCUT2D eigenvalue weighted by Crippen LogP contribution is 2.19. The molecule has 17 heavy (non-hydrogen) atoms. The van der Waals surface area contributed by atoms with E-state index < -0.39 is 17.4 Å². The summed E-state index contributed by atoms with van der Waals surface area (Å²) >= 11 is 0. The van der Waals surface area contributed by atoms with Crippen molar-refractivity contribution < 1.29 is 19.8 Å². The van der Waals surface area contributed by atoms with Gasteiger partial charge in [0.25, 0.3) is 0 Å². The summed E-state index contributed by atoms with van der Waals surface area (Å²) in [6, 6.07) is 0. The zero-order valence-electron chi connectivity index (χ0n) is 10.2. The fourth-order valence-corrected chi connectivity index (χ4v) is 1.04. The maximum atomic E-state index is 11.5. The molecule has 100 valence electrons. The van der Waals surface area contributed by atoms with Crippen LogP contribution in [-0.4, -0.2) is 48.0 Å². The van der Waals surface area contributed by atoms with Crippen molar-refractivity contribution in [1.82, 2.24) is 10.6 Å². The minimum Gasteiger partial charge on any atom is -0.396 e. The average Bonchev–Trinajstić information content (AvgIpc) is 2.28. The summed E-state index contributed by atoms with van der Waals surface area (Å²) in [7, 11) is 0. The molecule has 0 aromatic rings. The molecule has 0 aliphatic heterocycles. The first-order valence-electron chi connectivity index (χ1n) is 5.38. The van der Waals surface area contributed by atoms with Crippen LogP contribution in [0.25, 0.3) is 0 Å². The Hall–Kier alpha value is -1.18. The lowest BCUT2D eigenvalue weighted by atomic mass is 9.87. The van der Waals surface area contributed by atoms with E-state index >= 15 is 0 Å². The van der Waals surface area contributed by atoms with Crippen LogP contribution in [0, 0.1) is 5.41 Å². The van der Waals surface area contributed by atoms with E-state index in [1.54, 1.807) is 13.8 Å². The van der Waals surface area contributed by atoms with Crippen LogP contribution < -0.4 is 16.4 Å². The molecule has 6 N–H and O–H groups in total. The second-order valence-corrected chi connectivity index (χ2v) is 4.39. The van der Waals surface area contributed by atoms with Gasteiger partial charge >= 0.3 is 0 Å². The summed E-state index contributed by atoms with van der Waals surface area (Å²) in [6.07, 6.45) is -1.22. The topological polar surface area (TPSA) is 125 Å². The molecule has 0 aromatic carbocycles. The molecule has 1 unspecified atom stereocenters. The van der Waals surface area contributed by atoms with Gasteiger partial charge in [0, 0.05) is 18.4 Å². The molecule has 0 aromatic heterocycles. The molecule has 1 atom stereocenters. The largest absolute Gasteiger partial charge is 0.396 e. The number of hydrogen-bond donors (Lipinski definition) is 5. The van der Waals surface area contributed by atoms with E-state index in [0.717, 1.165) is 0 Å². The summed E-state index contributed by atoms with van der Waals surface area (Å²) in [5.74, 6) is -0.881. The summed E-state index contributed by atoms with van der Waals surface area (Å²) in [5.41, 5.74) is 4.18. The number of amides is 2. The quantitative estimate of drug-likeness (QED) is 0.330. The van der Waals surface area contributed by atoms with Crippen LogP contribution in [0.3, 0.4) is 0 Å². The van der Waals surface area contributed by atoms with Crippen LogP contribution >= 0.6 is 0 Å². The maximum Gasteiger partial charge on any atom is 0.249 e. The molecule has 7 heteroatoms. The lowest BCUT2D eigenvalue weighted by Gasteiger charge is -2.27. The Bertz CT molecular complexity index is 268. The Kier molecular flexibility index (Phi) is 6.71. The number of aliphatic hydroxyl groups is 2. The van der Waals surface area contributed by atoms with Crippen LogP contribution in [0.15, 0.2) is 0 Å². The number of hydrogen-bond acceptors (Lipinski definition) is 5. The Labute approximate surface area is 100 Å². The van der Waals surface area contributed by atoms with Gasteiger partial charge in [0.1, 0.15) is 6.10 Å². The number of carbonyl (C=O) groups excluding carboxylic acids is 2. The smallest absolute Gasteiger partial charge is 0.249 e. The van der Waals surface area contributed by atoms with Crippen molar-refractivity contribution in [3.63, 3.8) is 0 Å². The minimum absolute atomic E-state index is 0.0486. The van der Waals surface area contributed by atoms with Gasteiger partial charge in [-0.3, -0.25) is 9.59 Å². The van der Waals surface area contributed by atoms with Gasteiger partial charge in [0.05, 0.1) is 13.3 Å². The van der Waals surface area contributed by atoms with Crippen LogP contribution in [0.2, 0.25) is 0 Å². The van der Waals surface area contributed by atoms with E-state index in [4.69, 9.17) is 10.8 Å². The van der Waals surface area contributed by atoms with Gasteiger partial charge < -0.3 is 26.6 Å². The molecule has 0 aliphatic carbocycles. The molecule has 0 fully saturated rings. The monoisotopic (exact) mass is 247 g/mol. The first kappa shape index (κ1) is 15.8. The number of carbonyl (C=O) groups is 2. The molecule has 0 bridgehead atoms. The molecule has 7 nitrogen and oxygen atoms in total. The van der Waals surface area contributed by atoms with E-state index in [1.165, 1.54) is 0 Å². The summed E-state index contributed by atoms with van der Waals surface area (Å²) in [4.78, 5) is 22.5. The average molecular weight is 247 g/mol. The Morgan fingerprint density at radius 2 is 1.94 bits per heavy atom. The third-order valence-electron chi connectivity index (χ3n) is 2.35. The van der Waals surface area contributed by atoms with Crippen LogP contribution in [-0.2, 0) is 9.59 Å². The van der Waals surface area contributed by atoms with E-state index in [1.807, 2.05) is 0 Å². The highest BCUT2D eigenvalue weighted by atomic mass is 16.3. The molecule has 0 saturated carbocycles. The van der Waals surface area contributed by atoms with Crippen LogP contribution in [0.5, 0.6) is 0 Å². The first-order chi connectivity index (χ1) is 7.85. The second-order valence-electron chi connectivity index (χ2n) is 4.39. The first-order valence-corrected chi connectivity index (χ1v) is 5.38. The van der Waals surface area contributed by atoms with Crippen LogP contribution in [0.1, 0.15) is 20.3 Å². The van der Waals surface area contributed by atoms with Gasteiger partial charge in [-0.1, -0.05) is 13.8 Å². The van der Waals surface area contributed by atoms with Crippen molar-refractivity contribution in [1.29, 1.82) is 0 Å². The predicted molar refractivity (Wildman–Crippen MR) is 61.7 cm³/mol. The van der Waals surface area contributed by atoms with E-state index in [-0.39, 0.29) is 32.1 Å². The Morgan fingerprint density at radius 1 is 1.35 bits per heavy atom. The van der Waals surface area contributed by atoms with Gasteiger partial charge in [0.15, 0.2) is 0 Å². The standard InChI is InChI=1S/C10H21N3O4/c1-10(2,5-14)8(16)9(17)12-4-3-7(15)13-6-11/h8,14,16H,3-6,11H2,1-2H3,(H,12,17)(H,13,15). The summed E-state index contributed by atoms with van der Waals surface area (Å²) < 4.78 is 0. The molecule has 0 saturated heterocycles. The van der Waals surface area contributed by atoms with Gasteiger partial charge in [-0.05, 0) is 0 Å². The van der Waals surface area contributed by atoms with Crippen molar-refractivity contribution in [2.24, 2.45) is 11.1 Å². The van der Waals surface area contributed by atoms with E-state index in [9.17, 15) is 14.7 Å². The van der Waals surface area contributed by atoms with Crippen molar-refractivity contribution in [2.75, 3.05) is 19.8 Å². The zero-order valence-corrected chi connectivity index (χ0v) is 10.2. The van der Waals surface area contributed by atoms with Crippen molar-refractivity contribution in [3.05, 3.63) is 0 Å². The molecule has 0 rings (SSSR count). The third-order valence-corrected chi connectivity index (χ3v) is 2.35. The summed E-state index contributed by atoms with van der Waals surface area (Å²) in [6.45, 7) is 2.99. The molecule has 0 aliphatic rings. The molecule has 0 spiro atoms. The van der Waals surface area contributed by atoms with Crippen molar-refractivity contribution >= 4 is 11.8 Å². The Morgan fingerprint density at radius 3 is 2.41 bits per heavy atom. The minimum atomic E-state index is -1.31. The molecule has 0 heterocycles. The van der Waals surface area contributed by atoms with Gasteiger partial charge in [-0.25, -0.2) is 0 Å². The lowest BCUT2D eigenvalue weighted by molar-refractivity contribution is -0.137. The van der Waals surface area contributed by atoms with Gasteiger partial charge in [-0.2, -0.15) is 0 Å². The van der Waals surface area contributed by atoms with Crippen LogP contribution in [0.4, 0.5) is 0 Å².